The highest BCUT2D eigenvalue weighted by Gasteiger charge is 2.32. The van der Waals surface area contributed by atoms with E-state index in [0.29, 0.717) is 37.5 Å². The standard InChI is InChI=1S/C30H33F3N8O/c1-18-5-6-19(15-36-18)16-37-29(42)25(34)17-41(35)13-3-2-4-23-14-24-26(20-9-11-22(12-10-20)30(31,32)33)27(21-7-8-21)38-28(24)40-39-23/h5-6,9-12,14-15,17,21H,2-4,7-8,13,16,34-35H2,1H3,(H,37,42)(H,38,40)/b25-17-. The lowest BCUT2D eigenvalue weighted by Crippen LogP contribution is -2.33. The molecule has 0 spiro atoms. The first-order valence-corrected chi connectivity index (χ1v) is 13.8. The van der Waals surface area contributed by atoms with Crippen molar-refractivity contribution in [2.75, 3.05) is 6.54 Å². The van der Waals surface area contributed by atoms with Gasteiger partial charge in [0.25, 0.3) is 5.91 Å². The van der Waals surface area contributed by atoms with E-state index >= 15 is 0 Å². The Hall–Kier alpha value is -4.45. The van der Waals surface area contributed by atoms with Gasteiger partial charge in [0.2, 0.25) is 0 Å². The van der Waals surface area contributed by atoms with Gasteiger partial charge in [0.1, 0.15) is 5.70 Å². The minimum absolute atomic E-state index is 0.00334. The van der Waals surface area contributed by atoms with Gasteiger partial charge in [-0.1, -0.05) is 18.2 Å². The zero-order valence-electron chi connectivity index (χ0n) is 23.2. The number of aromatic nitrogens is 4. The Morgan fingerprint density at radius 3 is 2.57 bits per heavy atom. The van der Waals surface area contributed by atoms with E-state index in [-0.39, 0.29) is 5.70 Å². The molecule has 0 radical (unpaired) electrons. The van der Waals surface area contributed by atoms with Gasteiger partial charge in [0, 0.05) is 47.8 Å². The first-order chi connectivity index (χ1) is 20.1. The average Bonchev–Trinajstić information content (AvgIpc) is 3.74. The van der Waals surface area contributed by atoms with E-state index in [4.69, 9.17) is 11.6 Å². The van der Waals surface area contributed by atoms with Gasteiger partial charge in [-0.3, -0.25) is 9.78 Å². The van der Waals surface area contributed by atoms with Crippen molar-refractivity contribution in [1.82, 2.24) is 30.5 Å². The second-order valence-electron chi connectivity index (χ2n) is 10.6. The number of pyridine rings is 1. The number of nitrogens with one attached hydrogen (secondary N) is 2. The highest BCUT2D eigenvalue weighted by Crippen LogP contribution is 2.46. The summed E-state index contributed by atoms with van der Waals surface area (Å²) in [4.78, 5) is 19.9. The molecule has 0 bridgehead atoms. The van der Waals surface area contributed by atoms with E-state index in [1.165, 1.54) is 23.3 Å². The Morgan fingerprint density at radius 1 is 1.14 bits per heavy atom. The van der Waals surface area contributed by atoms with Crippen LogP contribution < -0.4 is 16.9 Å². The van der Waals surface area contributed by atoms with Gasteiger partial charge in [-0.15, -0.1) is 5.10 Å². The molecule has 9 nitrogen and oxygen atoms in total. The van der Waals surface area contributed by atoms with Crippen molar-refractivity contribution in [3.05, 3.63) is 88.8 Å². The van der Waals surface area contributed by atoms with Crippen molar-refractivity contribution >= 4 is 16.9 Å². The maximum atomic E-state index is 13.1. The predicted octanol–water partition coefficient (Wildman–Crippen LogP) is 4.84. The second kappa shape index (κ2) is 12.2. The van der Waals surface area contributed by atoms with Crippen molar-refractivity contribution in [3.8, 4) is 11.1 Å². The Kier molecular flexibility index (Phi) is 8.44. The monoisotopic (exact) mass is 578 g/mol. The third-order valence-corrected chi connectivity index (χ3v) is 7.21. The molecule has 1 fully saturated rings. The number of hydrazine groups is 1. The number of nitrogens with zero attached hydrogens (tertiary/aromatic N) is 4. The topological polar surface area (TPSA) is 139 Å². The Balaban J connectivity index is 1.18. The number of carbonyl (C=O) groups excluding carboxylic acids is 1. The lowest BCUT2D eigenvalue weighted by Gasteiger charge is -2.15. The number of amides is 1. The number of benzene rings is 1. The van der Waals surface area contributed by atoms with Crippen molar-refractivity contribution in [1.29, 1.82) is 0 Å². The van der Waals surface area contributed by atoms with Crippen molar-refractivity contribution in [2.24, 2.45) is 11.6 Å². The van der Waals surface area contributed by atoms with Crippen molar-refractivity contribution in [3.63, 3.8) is 0 Å². The number of H-pyrrole nitrogens is 1. The summed E-state index contributed by atoms with van der Waals surface area (Å²) >= 11 is 0. The van der Waals surface area contributed by atoms with Crippen LogP contribution >= 0.6 is 0 Å². The Bertz CT molecular complexity index is 1580. The molecular weight excluding hydrogens is 545 g/mol. The number of halogens is 3. The quantitative estimate of drug-likeness (QED) is 0.0865. The van der Waals surface area contributed by atoms with Crippen LogP contribution in [0.1, 0.15) is 59.8 Å². The summed E-state index contributed by atoms with van der Waals surface area (Å²) in [6.45, 7) is 2.67. The molecule has 0 unspecified atom stereocenters. The van der Waals surface area contributed by atoms with E-state index in [2.05, 4.69) is 25.5 Å². The molecule has 0 saturated heterocycles. The van der Waals surface area contributed by atoms with Crippen LogP contribution in [0.25, 0.3) is 22.2 Å². The molecular formula is C30H33F3N8O. The summed E-state index contributed by atoms with van der Waals surface area (Å²) in [5.41, 5.74) is 11.0. The second-order valence-corrected chi connectivity index (χ2v) is 10.6. The molecule has 6 N–H and O–H groups in total. The summed E-state index contributed by atoms with van der Waals surface area (Å²) in [6.07, 6.45) is 2.88. The van der Waals surface area contributed by atoms with Gasteiger partial charge >= 0.3 is 6.18 Å². The lowest BCUT2D eigenvalue weighted by atomic mass is 9.99. The summed E-state index contributed by atoms with van der Waals surface area (Å²) in [5.74, 6) is 5.96. The van der Waals surface area contributed by atoms with Crippen LogP contribution in [0.5, 0.6) is 0 Å². The van der Waals surface area contributed by atoms with Crippen LogP contribution in [0.2, 0.25) is 0 Å². The molecule has 42 heavy (non-hydrogen) atoms. The molecule has 220 valence electrons. The average molecular weight is 579 g/mol. The highest BCUT2D eigenvalue weighted by atomic mass is 19.4. The molecule has 1 aliphatic carbocycles. The molecule has 3 aromatic heterocycles. The number of rotatable bonds is 11. The third-order valence-electron chi connectivity index (χ3n) is 7.21. The minimum atomic E-state index is -4.39. The lowest BCUT2D eigenvalue weighted by molar-refractivity contribution is -0.137. The number of hydrogen-bond acceptors (Lipinski definition) is 7. The number of aromatic amines is 1. The third kappa shape index (κ3) is 7.06. The molecule has 0 aliphatic heterocycles. The van der Waals surface area contributed by atoms with Gasteiger partial charge in [-0.05, 0) is 80.3 Å². The van der Waals surface area contributed by atoms with E-state index in [1.54, 1.807) is 6.20 Å². The van der Waals surface area contributed by atoms with E-state index in [0.717, 1.165) is 70.6 Å². The maximum absolute atomic E-state index is 13.1. The van der Waals surface area contributed by atoms with Gasteiger partial charge in [0.15, 0.2) is 5.65 Å². The van der Waals surface area contributed by atoms with Gasteiger partial charge in [-0.25, -0.2) is 5.84 Å². The summed E-state index contributed by atoms with van der Waals surface area (Å²) in [7, 11) is 0. The molecule has 3 heterocycles. The predicted molar refractivity (Wildman–Crippen MR) is 153 cm³/mol. The molecule has 12 heteroatoms. The smallest absolute Gasteiger partial charge is 0.393 e. The van der Waals surface area contributed by atoms with Crippen molar-refractivity contribution < 1.29 is 18.0 Å². The van der Waals surface area contributed by atoms with Gasteiger partial charge < -0.3 is 21.0 Å². The number of aryl methyl sites for hydroxylation is 2. The van der Waals surface area contributed by atoms with Gasteiger partial charge in [0.05, 0.1) is 11.3 Å². The first kappa shape index (κ1) is 29.1. The molecule has 0 atom stereocenters. The fourth-order valence-corrected chi connectivity index (χ4v) is 4.78. The molecule has 4 aromatic rings. The number of unbranched alkanes of at least 4 members (excludes halogenated alkanes) is 1. The Morgan fingerprint density at radius 2 is 1.90 bits per heavy atom. The largest absolute Gasteiger partial charge is 0.416 e. The van der Waals surface area contributed by atoms with E-state index in [1.807, 2.05) is 25.1 Å². The molecule has 1 saturated carbocycles. The Labute approximate surface area is 241 Å². The highest BCUT2D eigenvalue weighted by molar-refractivity contribution is 5.96. The first-order valence-electron chi connectivity index (χ1n) is 13.8. The number of nitrogens with two attached hydrogens (primary N) is 2. The van der Waals surface area contributed by atoms with Crippen LogP contribution in [0.4, 0.5) is 13.2 Å². The van der Waals surface area contributed by atoms with Crippen LogP contribution in [0, 0.1) is 6.92 Å². The van der Waals surface area contributed by atoms with Crippen LogP contribution in [0.15, 0.2) is 60.6 Å². The number of alkyl halides is 3. The summed E-state index contributed by atoms with van der Waals surface area (Å²) in [5, 5.41) is 13.7. The number of carbonyl (C=O) groups is 1. The van der Waals surface area contributed by atoms with Crippen molar-refractivity contribution in [2.45, 2.75) is 57.7 Å². The SMILES string of the molecule is Cc1ccc(CNC(=O)/C(N)=C/N(N)CCCCc2cc3c(-c4ccc(C(F)(F)F)cc4)c(C4CC4)[nH]c3nn2)cn1. The zero-order chi connectivity index (χ0) is 29.9. The van der Waals surface area contributed by atoms with E-state index < -0.39 is 17.6 Å². The fourth-order valence-electron chi connectivity index (χ4n) is 4.78. The fraction of sp³-hybridized carbons (Fsp3) is 0.333. The normalized spacial score (nSPS) is 13.9. The van der Waals surface area contributed by atoms with Crippen LogP contribution in [0.3, 0.4) is 0 Å². The molecule has 5 rings (SSSR count). The van der Waals surface area contributed by atoms with Crippen LogP contribution in [-0.2, 0) is 23.9 Å². The zero-order valence-corrected chi connectivity index (χ0v) is 23.2. The summed E-state index contributed by atoms with van der Waals surface area (Å²) in [6, 6.07) is 11.0. The molecule has 1 amide bonds. The number of hydrogen-bond donors (Lipinski definition) is 4. The minimum Gasteiger partial charge on any atom is -0.393 e. The molecule has 1 aliphatic rings. The summed E-state index contributed by atoms with van der Waals surface area (Å²) < 4.78 is 39.3. The van der Waals surface area contributed by atoms with Gasteiger partial charge in [-0.2, -0.15) is 18.3 Å². The van der Waals surface area contributed by atoms with E-state index in [9.17, 15) is 18.0 Å². The van der Waals surface area contributed by atoms with Crippen LogP contribution in [-0.4, -0.2) is 37.6 Å². The maximum Gasteiger partial charge on any atom is 0.416 e. The number of fused-ring (bicyclic) bond motifs is 1. The molecule has 1 aromatic carbocycles.